The van der Waals surface area contributed by atoms with Gasteiger partial charge < -0.3 is 19.5 Å². The molecule has 0 radical (unpaired) electrons. The number of benzene rings is 1. The first kappa shape index (κ1) is 22.8. The molecule has 1 saturated heterocycles. The second kappa shape index (κ2) is 8.65. The summed E-state index contributed by atoms with van der Waals surface area (Å²) in [5, 5.41) is 15.6. The van der Waals surface area contributed by atoms with Crippen molar-refractivity contribution < 1.29 is 22.6 Å². The Morgan fingerprint density at radius 1 is 1.09 bits per heavy atom. The summed E-state index contributed by atoms with van der Waals surface area (Å²) >= 11 is 0. The Bertz CT molecular complexity index is 1380. The molecule has 0 N–H and O–H groups in total. The van der Waals surface area contributed by atoms with Crippen LogP contribution < -0.4 is 4.90 Å². The first-order valence-corrected chi connectivity index (χ1v) is 10.8. The summed E-state index contributed by atoms with van der Waals surface area (Å²) < 4.78 is 45.9. The summed E-state index contributed by atoms with van der Waals surface area (Å²) in [5.41, 5.74) is -0.0736. The van der Waals surface area contributed by atoms with Crippen molar-refractivity contribution in [2.45, 2.75) is 19.1 Å². The summed E-state index contributed by atoms with van der Waals surface area (Å²) in [6.45, 7) is 3.95. The Morgan fingerprint density at radius 2 is 1.86 bits per heavy atom. The molecule has 0 bridgehead atoms. The number of piperazine rings is 1. The van der Waals surface area contributed by atoms with E-state index in [1.54, 1.807) is 24.4 Å². The molecule has 1 atom stereocenters. The van der Waals surface area contributed by atoms with Crippen LogP contribution in [0.1, 0.15) is 24.4 Å². The molecule has 5 rings (SSSR count). The number of aromatic nitrogens is 4. The summed E-state index contributed by atoms with van der Waals surface area (Å²) in [4.78, 5) is 24.0. The minimum absolute atomic E-state index is 0.0790. The van der Waals surface area contributed by atoms with Crippen LogP contribution in [0.3, 0.4) is 0 Å². The maximum atomic E-state index is 13.0. The second-order valence-electron chi connectivity index (χ2n) is 8.18. The van der Waals surface area contributed by atoms with E-state index in [1.165, 1.54) is 16.5 Å². The first-order chi connectivity index (χ1) is 16.7. The standard InChI is InChI=1S/C22H20F3N7O3/c1-14(20-27-18(28-35-20)15-5-4-6-16(13-15)22(23,24)25)29-9-11-30(12-10-29)19-21(32(33)34)31-8-3-2-7-17(31)26-19/h2-8,13-14H,9-12H2,1H3. The minimum Gasteiger partial charge on any atom is -0.358 e. The fourth-order valence-electron chi connectivity index (χ4n) is 4.19. The zero-order valence-corrected chi connectivity index (χ0v) is 18.5. The lowest BCUT2D eigenvalue weighted by Gasteiger charge is -2.36. The molecule has 1 fully saturated rings. The largest absolute Gasteiger partial charge is 0.416 e. The molecular formula is C22H20F3N7O3. The van der Waals surface area contributed by atoms with Gasteiger partial charge in [-0.3, -0.25) is 4.90 Å². The number of hydrogen-bond acceptors (Lipinski definition) is 8. The number of imidazole rings is 1. The number of hydrogen-bond donors (Lipinski definition) is 0. The third-order valence-electron chi connectivity index (χ3n) is 6.07. The maximum Gasteiger partial charge on any atom is 0.416 e. The summed E-state index contributed by atoms with van der Waals surface area (Å²) in [5.74, 6) is 0.601. The number of nitro groups is 1. The van der Waals surface area contributed by atoms with E-state index < -0.39 is 16.7 Å². The molecule has 1 unspecified atom stereocenters. The van der Waals surface area contributed by atoms with Crippen LogP contribution in [0.4, 0.5) is 24.8 Å². The van der Waals surface area contributed by atoms with Crippen LogP contribution in [0.15, 0.2) is 53.2 Å². The van der Waals surface area contributed by atoms with Crippen molar-refractivity contribution in [1.29, 1.82) is 0 Å². The lowest BCUT2D eigenvalue weighted by molar-refractivity contribution is -0.389. The molecular weight excluding hydrogens is 467 g/mol. The van der Waals surface area contributed by atoms with Gasteiger partial charge in [-0.05, 0) is 30.0 Å². The average molecular weight is 487 g/mol. The molecule has 182 valence electrons. The van der Waals surface area contributed by atoms with Crippen LogP contribution >= 0.6 is 0 Å². The third-order valence-corrected chi connectivity index (χ3v) is 6.07. The highest BCUT2D eigenvalue weighted by Gasteiger charge is 2.33. The fraction of sp³-hybridized carbons (Fsp3) is 0.318. The number of rotatable bonds is 5. The Morgan fingerprint density at radius 3 is 2.57 bits per heavy atom. The van der Waals surface area contributed by atoms with Gasteiger partial charge in [-0.25, -0.2) is 0 Å². The molecule has 0 spiro atoms. The highest BCUT2D eigenvalue weighted by molar-refractivity contribution is 5.63. The topological polar surface area (TPSA) is 106 Å². The van der Waals surface area contributed by atoms with Gasteiger partial charge >= 0.3 is 12.0 Å². The van der Waals surface area contributed by atoms with Gasteiger partial charge in [0.1, 0.15) is 0 Å². The molecule has 3 aromatic heterocycles. The van der Waals surface area contributed by atoms with E-state index in [1.807, 2.05) is 11.8 Å². The SMILES string of the molecule is CC(c1nc(-c2cccc(C(F)(F)F)c2)no1)N1CCN(c2nc3ccccn3c2[N+](=O)[O-])CC1. The number of pyridine rings is 1. The van der Waals surface area contributed by atoms with Crippen LogP contribution in [0.5, 0.6) is 0 Å². The van der Waals surface area contributed by atoms with E-state index in [-0.39, 0.29) is 29.1 Å². The van der Waals surface area contributed by atoms with Crippen LogP contribution in [0, 0.1) is 10.1 Å². The fourth-order valence-corrected chi connectivity index (χ4v) is 4.19. The smallest absolute Gasteiger partial charge is 0.358 e. The number of halogens is 3. The molecule has 1 aliphatic rings. The van der Waals surface area contributed by atoms with Gasteiger partial charge in [0.2, 0.25) is 23.2 Å². The van der Waals surface area contributed by atoms with Crippen molar-refractivity contribution in [2.24, 2.45) is 0 Å². The van der Waals surface area contributed by atoms with Gasteiger partial charge in [0.15, 0.2) is 0 Å². The van der Waals surface area contributed by atoms with Crippen molar-refractivity contribution >= 4 is 17.3 Å². The number of fused-ring (bicyclic) bond motifs is 1. The molecule has 1 aliphatic heterocycles. The molecule has 13 heteroatoms. The second-order valence-corrected chi connectivity index (χ2v) is 8.18. The lowest BCUT2D eigenvalue weighted by Crippen LogP contribution is -2.47. The molecule has 4 aromatic rings. The van der Waals surface area contributed by atoms with Crippen molar-refractivity contribution in [3.8, 4) is 11.4 Å². The molecule has 0 aliphatic carbocycles. The Kier molecular flexibility index (Phi) is 5.63. The van der Waals surface area contributed by atoms with Crippen LogP contribution in [-0.2, 0) is 6.18 Å². The number of nitrogens with zero attached hydrogens (tertiary/aromatic N) is 7. The van der Waals surface area contributed by atoms with E-state index in [4.69, 9.17) is 4.52 Å². The zero-order valence-electron chi connectivity index (χ0n) is 18.5. The van der Waals surface area contributed by atoms with E-state index in [0.29, 0.717) is 37.6 Å². The van der Waals surface area contributed by atoms with E-state index >= 15 is 0 Å². The number of alkyl halides is 3. The van der Waals surface area contributed by atoms with Crippen LogP contribution in [0.2, 0.25) is 0 Å². The normalized spacial score (nSPS) is 16.1. The Balaban J connectivity index is 1.30. The average Bonchev–Trinajstić information content (AvgIpc) is 3.49. The highest BCUT2D eigenvalue weighted by Crippen LogP contribution is 2.33. The predicted octanol–water partition coefficient (Wildman–Crippen LogP) is 4.19. The third kappa shape index (κ3) is 4.30. The van der Waals surface area contributed by atoms with Gasteiger partial charge in [-0.2, -0.15) is 27.5 Å². The minimum atomic E-state index is -4.47. The molecule has 10 nitrogen and oxygen atoms in total. The van der Waals surface area contributed by atoms with Crippen molar-refractivity contribution in [1.82, 2.24) is 24.4 Å². The molecule has 0 amide bonds. The van der Waals surface area contributed by atoms with Crippen molar-refractivity contribution in [3.05, 3.63) is 70.2 Å². The maximum absolute atomic E-state index is 13.0. The van der Waals surface area contributed by atoms with E-state index in [9.17, 15) is 23.3 Å². The monoisotopic (exact) mass is 487 g/mol. The number of anilines is 1. The van der Waals surface area contributed by atoms with Gasteiger partial charge in [-0.15, -0.1) is 0 Å². The van der Waals surface area contributed by atoms with Gasteiger partial charge in [0.25, 0.3) is 0 Å². The van der Waals surface area contributed by atoms with E-state index in [0.717, 1.165) is 12.1 Å². The summed E-state index contributed by atoms with van der Waals surface area (Å²) in [6.07, 6.45) is -2.86. The van der Waals surface area contributed by atoms with Crippen molar-refractivity contribution in [3.63, 3.8) is 0 Å². The van der Waals surface area contributed by atoms with E-state index in [2.05, 4.69) is 20.0 Å². The van der Waals surface area contributed by atoms with Crippen LogP contribution in [0.25, 0.3) is 17.0 Å². The quantitative estimate of drug-likeness (QED) is 0.305. The van der Waals surface area contributed by atoms with Gasteiger partial charge in [0, 0.05) is 37.8 Å². The summed E-state index contributed by atoms with van der Waals surface area (Å²) in [6, 6.07) is 9.67. The Hall–Kier alpha value is -4.00. The van der Waals surface area contributed by atoms with Crippen LogP contribution in [-0.4, -0.2) is 55.5 Å². The molecule has 35 heavy (non-hydrogen) atoms. The first-order valence-electron chi connectivity index (χ1n) is 10.8. The molecule has 1 aromatic carbocycles. The summed E-state index contributed by atoms with van der Waals surface area (Å²) in [7, 11) is 0. The molecule has 4 heterocycles. The van der Waals surface area contributed by atoms with Gasteiger partial charge in [0.05, 0.1) is 17.8 Å². The highest BCUT2D eigenvalue weighted by atomic mass is 19.4. The van der Waals surface area contributed by atoms with Gasteiger partial charge in [-0.1, -0.05) is 23.4 Å². The van der Waals surface area contributed by atoms with Crippen molar-refractivity contribution in [2.75, 3.05) is 31.1 Å². The zero-order chi connectivity index (χ0) is 24.7. The predicted molar refractivity (Wildman–Crippen MR) is 119 cm³/mol. The lowest BCUT2D eigenvalue weighted by atomic mass is 10.1. The molecule has 0 saturated carbocycles. The Labute approximate surface area is 196 Å².